The molecule has 80 valence electrons. The van der Waals surface area contributed by atoms with E-state index in [0.717, 1.165) is 10.2 Å². The average molecular weight is 379 g/mol. The lowest BCUT2D eigenvalue weighted by Gasteiger charge is -2.10. The third kappa shape index (κ3) is 9.74. The fraction of sp³-hybridized carbons (Fsp3) is 1.00. The molecule has 0 rings (SSSR count). The third-order valence-electron chi connectivity index (χ3n) is 2.06. The Kier molecular flexibility index (Phi) is 11.1. The molecule has 0 aromatic heterocycles. The molecule has 2 atom stereocenters. The van der Waals surface area contributed by atoms with E-state index in [1.165, 1.54) is 38.5 Å². The molecule has 0 aromatic rings. The summed E-state index contributed by atoms with van der Waals surface area (Å²) in [4.78, 5) is 1.44. The minimum atomic E-state index is 0.702. The quantitative estimate of drug-likeness (QED) is 0.505. The summed E-state index contributed by atoms with van der Waals surface area (Å²) in [5, 5.41) is 1.11. The van der Waals surface area contributed by atoms with Crippen LogP contribution < -0.4 is 0 Å². The van der Waals surface area contributed by atoms with E-state index >= 15 is 0 Å². The molecule has 0 aliphatic heterocycles. The lowest BCUT2D eigenvalue weighted by atomic mass is 10.1. The van der Waals surface area contributed by atoms with E-state index in [1.54, 1.807) is 0 Å². The van der Waals surface area contributed by atoms with E-state index in [4.69, 9.17) is 0 Å². The van der Waals surface area contributed by atoms with Crippen LogP contribution in [-0.4, -0.2) is 15.0 Å². The number of hydrogen-bond acceptors (Lipinski definition) is 0. The van der Waals surface area contributed by atoms with Crippen molar-refractivity contribution < 1.29 is 0 Å². The SMILES string of the molecule is CCCC(Br)CCCC(Br)CCBr. The highest BCUT2D eigenvalue weighted by Gasteiger charge is 2.06. The molecule has 0 aliphatic carbocycles. The van der Waals surface area contributed by atoms with Crippen LogP contribution in [0.4, 0.5) is 0 Å². The van der Waals surface area contributed by atoms with Crippen LogP contribution in [0.2, 0.25) is 0 Å². The molecule has 0 aliphatic rings. The van der Waals surface area contributed by atoms with Gasteiger partial charge in [-0.15, -0.1) is 0 Å². The van der Waals surface area contributed by atoms with Crippen LogP contribution in [-0.2, 0) is 0 Å². The van der Waals surface area contributed by atoms with Crippen molar-refractivity contribution in [3.63, 3.8) is 0 Å². The first-order chi connectivity index (χ1) is 6.20. The average Bonchev–Trinajstić information content (AvgIpc) is 2.05. The first-order valence-electron chi connectivity index (χ1n) is 5.04. The van der Waals surface area contributed by atoms with Gasteiger partial charge in [0.25, 0.3) is 0 Å². The van der Waals surface area contributed by atoms with Crippen LogP contribution in [0.15, 0.2) is 0 Å². The van der Waals surface area contributed by atoms with Gasteiger partial charge in [0.15, 0.2) is 0 Å². The Bertz CT molecular complexity index is 94.3. The molecule has 0 N–H and O–H groups in total. The van der Waals surface area contributed by atoms with Crippen LogP contribution in [0.1, 0.15) is 45.4 Å². The summed E-state index contributed by atoms with van der Waals surface area (Å²) in [5.74, 6) is 0. The van der Waals surface area contributed by atoms with Crippen molar-refractivity contribution >= 4 is 47.8 Å². The molecule has 0 saturated heterocycles. The number of hydrogen-bond donors (Lipinski definition) is 0. The fourth-order valence-electron chi connectivity index (χ4n) is 1.28. The molecule has 0 nitrogen and oxygen atoms in total. The number of alkyl halides is 3. The molecule has 0 amide bonds. The van der Waals surface area contributed by atoms with Gasteiger partial charge in [0, 0.05) is 15.0 Å². The van der Waals surface area contributed by atoms with Crippen molar-refractivity contribution in [1.82, 2.24) is 0 Å². The zero-order valence-electron chi connectivity index (χ0n) is 8.24. The monoisotopic (exact) mass is 376 g/mol. The largest absolute Gasteiger partial charge is 0.0928 e. The first kappa shape index (κ1) is 14.4. The van der Waals surface area contributed by atoms with Gasteiger partial charge in [-0.1, -0.05) is 67.6 Å². The normalized spacial score (nSPS) is 15.7. The number of rotatable bonds is 8. The summed E-state index contributed by atoms with van der Waals surface area (Å²) in [6.07, 6.45) is 7.79. The predicted molar refractivity (Wildman–Crippen MR) is 72.6 cm³/mol. The van der Waals surface area contributed by atoms with Gasteiger partial charge in [-0.05, 0) is 25.7 Å². The molecule has 2 unspecified atom stereocenters. The van der Waals surface area contributed by atoms with Gasteiger partial charge in [0.05, 0.1) is 0 Å². The Balaban J connectivity index is 3.23. The molecule has 0 saturated carbocycles. The number of halogens is 3. The van der Waals surface area contributed by atoms with E-state index in [0.29, 0.717) is 4.83 Å². The lowest BCUT2D eigenvalue weighted by molar-refractivity contribution is 0.613. The molecule has 0 spiro atoms. The highest BCUT2D eigenvalue weighted by molar-refractivity contribution is 9.10. The van der Waals surface area contributed by atoms with Gasteiger partial charge in [-0.3, -0.25) is 0 Å². The second-order valence-corrected chi connectivity index (χ2v) is 6.77. The molecule has 0 radical (unpaired) electrons. The second kappa shape index (κ2) is 9.97. The summed E-state index contributed by atoms with van der Waals surface area (Å²) in [5.41, 5.74) is 0. The minimum Gasteiger partial charge on any atom is -0.0928 e. The van der Waals surface area contributed by atoms with Crippen LogP contribution in [0.5, 0.6) is 0 Å². The van der Waals surface area contributed by atoms with Crippen molar-refractivity contribution in [2.24, 2.45) is 0 Å². The predicted octanol–water partition coefficient (Wildman–Crippen LogP) is 5.27. The topological polar surface area (TPSA) is 0 Å². The minimum absolute atomic E-state index is 0.702. The molecule has 0 aromatic carbocycles. The van der Waals surface area contributed by atoms with E-state index in [2.05, 4.69) is 54.7 Å². The molecule has 0 heterocycles. The van der Waals surface area contributed by atoms with Crippen molar-refractivity contribution in [3.8, 4) is 0 Å². The zero-order valence-corrected chi connectivity index (χ0v) is 13.0. The Morgan fingerprint density at radius 3 is 1.92 bits per heavy atom. The Labute approximate surface area is 108 Å². The first-order valence-corrected chi connectivity index (χ1v) is 8.00. The van der Waals surface area contributed by atoms with Gasteiger partial charge in [-0.2, -0.15) is 0 Å². The Hall–Kier alpha value is 1.44. The molecule has 3 heteroatoms. The van der Waals surface area contributed by atoms with Crippen LogP contribution in [0.25, 0.3) is 0 Å². The third-order valence-corrected chi connectivity index (χ3v) is 4.35. The van der Waals surface area contributed by atoms with E-state index in [9.17, 15) is 0 Å². The summed E-state index contributed by atoms with van der Waals surface area (Å²) < 4.78 is 0. The maximum Gasteiger partial charge on any atom is 0.0153 e. The van der Waals surface area contributed by atoms with Gasteiger partial charge in [0.2, 0.25) is 0 Å². The van der Waals surface area contributed by atoms with Gasteiger partial charge in [-0.25, -0.2) is 0 Å². The van der Waals surface area contributed by atoms with Gasteiger partial charge in [0.1, 0.15) is 0 Å². The maximum absolute atomic E-state index is 3.70. The van der Waals surface area contributed by atoms with Gasteiger partial charge < -0.3 is 0 Å². The summed E-state index contributed by atoms with van der Waals surface area (Å²) >= 11 is 10.8. The summed E-state index contributed by atoms with van der Waals surface area (Å²) in [7, 11) is 0. The molecule has 0 bridgehead atoms. The fourth-order valence-corrected chi connectivity index (χ4v) is 3.78. The lowest BCUT2D eigenvalue weighted by Crippen LogP contribution is -2.02. The summed E-state index contributed by atoms with van der Waals surface area (Å²) in [6.45, 7) is 2.24. The standard InChI is InChI=1S/C10H19Br3/c1-2-4-9(12)5-3-6-10(13)7-8-11/h9-10H,2-8H2,1H3. The van der Waals surface area contributed by atoms with Crippen LogP contribution >= 0.6 is 47.8 Å². The van der Waals surface area contributed by atoms with Crippen molar-refractivity contribution in [3.05, 3.63) is 0 Å². The Morgan fingerprint density at radius 2 is 1.46 bits per heavy atom. The van der Waals surface area contributed by atoms with Crippen molar-refractivity contribution in [1.29, 1.82) is 0 Å². The van der Waals surface area contributed by atoms with Crippen LogP contribution in [0.3, 0.4) is 0 Å². The highest BCUT2D eigenvalue weighted by atomic mass is 79.9. The van der Waals surface area contributed by atoms with E-state index < -0.39 is 0 Å². The van der Waals surface area contributed by atoms with Gasteiger partial charge >= 0.3 is 0 Å². The maximum atomic E-state index is 3.70. The molecular formula is C10H19Br3. The highest BCUT2D eigenvalue weighted by Crippen LogP contribution is 2.20. The van der Waals surface area contributed by atoms with Crippen molar-refractivity contribution in [2.75, 3.05) is 5.33 Å². The van der Waals surface area contributed by atoms with E-state index in [-0.39, 0.29) is 0 Å². The zero-order chi connectivity index (χ0) is 10.1. The molecule has 0 fully saturated rings. The molecular weight excluding hydrogens is 360 g/mol. The smallest absolute Gasteiger partial charge is 0.0153 e. The Morgan fingerprint density at radius 1 is 0.923 bits per heavy atom. The summed E-state index contributed by atoms with van der Waals surface area (Å²) in [6, 6.07) is 0. The molecule has 13 heavy (non-hydrogen) atoms. The van der Waals surface area contributed by atoms with Crippen LogP contribution in [0, 0.1) is 0 Å². The van der Waals surface area contributed by atoms with Crippen molar-refractivity contribution in [2.45, 2.75) is 55.1 Å². The second-order valence-electron chi connectivity index (χ2n) is 3.39. The van der Waals surface area contributed by atoms with E-state index in [1.807, 2.05) is 0 Å².